The monoisotopic (exact) mass is 279 g/mol. The number of nitrogens with two attached hydrogens (primary N) is 1. The second-order valence-electron chi connectivity index (χ2n) is 4.01. The van der Waals surface area contributed by atoms with E-state index in [1.165, 1.54) is 12.1 Å². The Morgan fingerprint density at radius 1 is 1.26 bits per heavy atom. The number of hydrogen-bond acceptors (Lipinski definition) is 4. The Morgan fingerprint density at radius 3 is 2.68 bits per heavy atom. The zero-order valence-electron chi connectivity index (χ0n) is 9.57. The van der Waals surface area contributed by atoms with E-state index in [0.29, 0.717) is 17.0 Å². The van der Waals surface area contributed by atoms with Gasteiger partial charge in [0.15, 0.2) is 11.6 Å². The van der Waals surface area contributed by atoms with Gasteiger partial charge in [0.1, 0.15) is 5.52 Å². The molecule has 3 aromatic rings. The Hall–Kier alpha value is -2.08. The Balaban J connectivity index is 2.12. The number of H-pyrrole nitrogens is 1. The van der Waals surface area contributed by atoms with Crippen molar-refractivity contribution in [2.24, 2.45) is 0 Å². The van der Waals surface area contributed by atoms with E-state index in [9.17, 15) is 4.57 Å². The summed E-state index contributed by atoms with van der Waals surface area (Å²) in [5, 5.41) is 0. The summed E-state index contributed by atoms with van der Waals surface area (Å²) in [7, 11) is -4.39. The number of nitrogens with one attached hydrogen (secondary N) is 1. The SMILES string of the molecule is Nc1cccc2[nH]c(-c3ccc(P(=O)(O)O)o3)nc12. The van der Waals surface area contributed by atoms with Gasteiger partial charge < -0.3 is 24.9 Å². The Labute approximate surface area is 107 Å². The van der Waals surface area contributed by atoms with Crippen molar-refractivity contribution in [3.05, 3.63) is 30.3 Å². The Bertz CT molecular complexity index is 801. The third kappa shape index (κ3) is 2.04. The topological polar surface area (TPSA) is 125 Å². The molecular weight excluding hydrogens is 269 g/mol. The predicted octanol–water partition coefficient (Wildman–Crippen LogP) is 1.21. The molecule has 98 valence electrons. The molecule has 8 heteroatoms. The van der Waals surface area contributed by atoms with Crippen LogP contribution in [0.5, 0.6) is 0 Å². The number of aromatic amines is 1. The average molecular weight is 279 g/mol. The third-order valence-corrected chi connectivity index (χ3v) is 3.47. The number of imidazole rings is 1. The van der Waals surface area contributed by atoms with Gasteiger partial charge in [-0.15, -0.1) is 0 Å². The van der Waals surface area contributed by atoms with Gasteiger partial charge in [0.2, 0.25) is 5.50 Å². The number of aromatic nitrogens is 2. The van der Waals surface area contributed by atoms with Crippen molar-refractivity contribution in [1.82, 2.24) is 9.97 Å². The minimum absolute atomic E-state index is 0.244. The summed E-state index contributed by atoms with van der Waals surface area (Å²) in [5.74, 6) is 0.613. The molecular formula is C11H10N3O4P. The van der Waals surface area contributed by atoms with Crippen LogP contribution >= 0.6 is 7.60 Å². The van der Waals surface area contributed by atoms with Crippen molar-refractivity contribution < 1.29 is 18.8 Å². The minimum atomic E-state index is -4.39. The molecule has 2 aromatic heterocycles. The fourth-order valence-corrected chi connectivity index (χ4v) is 2.27. The van der Waals surface area contributed by atoms with Crippen LogP contribution in [0.3, 0.4) is 0 Å². The zero-order chi connectivity index (χ0) is 13.6. The molecule has 0 spiro atoms. The van der Waals surface area contributed by atoms with Gasteiger partial charge in [-0.2, -0.15) is 0 Å². The molecule has 0 atom stereocenters. The van der Waals surface area contributed by atoms with E-state index in [4.69, 9.17) is 19.9 Å². The molecule has 0 fully saturated rings. The Morgan fingerprint density at radius 2 is 2.05 bits per heavy atom. The number of benzene rings is 1. The molecule has 0 saturated heterocycles. The van der Waals surface area contributed by atoms with Gasteiger partial charge in [0, 0.05) is 0 Å². The average Bonchev–Trinajstić information content (AvgIpc) is 2.94. The molecule has 7 nitrogen and oxygen atoms in total. The lowest BCUT2D eigenvalue weighted by atomic mass is 10.3. The van der Waals surface area contributed by atoms with Crippen LogP contribution in [-0.4, -0.2) is 19.8 Å². The normalized spacial score (nSPS) is 12.1. The standard InChI is InChI=1S/C11H10N3O4P/c12-6-2-1-3-7-10(6)14-11(13-7)8-4-5-9(18-8)19(15,16)17/h1-5H,12H2,(H,13,14)(H2,15,16,17). The van der Waals surface area contributed by atoms with Crippen molar-refractivity contribution in [3.63, 3.8) is 0 Å². The Kier molecular flexibility index (Phi) is 2.50. The number of furan rings is 1. The highest BCUT2D eigenvalue weighted by atomic mass is 31.2. The maximum Gasteiger partial charge on any atom is 0.391 e. The van der Waals surface area contributed by atoms with Gasteiger partial charge in [-0.1, -0.05) is 6.07 Å². The fraction of sp³-hybridized carbons (Fsp3) is 0. The number of fused-ring (bicyclic) bond motifs is 1. The fourth-order valence-electron chi connectivity index (χ4n) is 1.78. The molecule has 5 N–H and O–H groups in total. The minimum Gasteiger partial charge on any atom is -0.445 e. The molecule has 0 radical (unpaired) electrons. The van der Waals surface area contributed by atoms with Gasteiger partial charge >= 0.3 is 7.60 Å². The molecule has 19 heavy (non-hydrogen) atoms. The number of nitrogens with zero attached hydrogens (tertiary/aromatic N) is 1. The van der Waals surface area contributed by atoms with Crippen LogP contribution in [0.2, 0.25) is 0 Å². The summed E-state index contributed by atoms with van der Waals surface area (Å²) in [6.07, 6.45) is 0. The highest BCUT2D eigenvalue weighted by Crippen LogP contribution is 2.35. The van der Waals surface area contributed by atoms with Crippen LogP contribution in [0.1, 0.15) is 0 Å². The third-order valence-electron chi connectivity index (χ3n) is 2.66. The lowest BCUT2D eigenvalue weighted by Crippen LogP contribution is -1.98. The van der Waals surface area contributed by atoms with E-state index >= 15 is 0 Å². The summed E-state index contributed by atoms with van der Waals surface area (Å²) in [5.41, 5.74) is 7.22. The lowest BCUT2D eigenvalue weighted by molar-refractivity contribution is 0.377. The van der Waals surface area contributed by atoms with Crippen LogP contribution in [0.25, 0.3) is 22.6 Å². The molecule has 0 aliphatic carbocycles. The van der Waals surface area contributed by atoms with Gasteiger partial charge in [-0.25, -0.2) is 4.98 Å². The summed E-state index contributed by atoms with van der Waals surface area (Å²) in [6, 6.07) is 7.98. The molecule has 3 rings (SSSR count). The van der Waals surface area contributed by atoms with E-state index < -0.39 is 13.1 Å². The van der Waals surface area contributed by atoms with E-state index in [1.54, 1.807) is 18.2 Å². The lowest BCUT2D eigenvalue weighted by Gasteiger charge is -1.97. The van der Waals surface area contributed by atoms with Crippen molar-refractivity contribution in [1.29, 1.82) is 0 Å². The number of nitrogen functional groups attached to an aromatic ring is 1. The summed E-state index contributed by atoms with van der Waals surface area (Å²) in [6.45, 7) is 0. The molecule has 2 heterocycles. The maximum atomic E-state index is 11.1. The van der Waals surface area contributed by atoms with Crippen molar-refractivity contribution in [3.8, 4) is 11.6 Å². The van der Waals surface area contributed by atoms with Crippen LogP contribution in [0.4, 0.5) is 5.69 Å². The molecule has 1 aromatic carbocycles. The maximum absolute atomic E-state index is 11.1. The van der Waals surface area contributed by atoms with E-state index in [0.717, 1.165) is 5.52 Å². The molecule has 0 amide bonds. The van der Waals surface area contributed by atoms with Crippen molar-refractivity contribution in [2.75, 3.05) is 5.73 Å². The number of rotatable bonds is 2. The number of anilines is 1. The van der Waals surface area contributed by atoms with Gasteiger partial charge in [-0.05, 0) is 24.3 Å². The second kappa shape index (κ2) is 3.96. The molecule has 0 bridgehead atoms. The largest absolute Gasteiger partial charge is 0.445 e. The van der Waals surface area contributed by atoms with E-state index in [2.05, 4.69) is 9.97 Å². The summed E-state index contributed by atoms with van der Waals surface area (Å²) < 4.78 is 16.2. The van der Waals surface area contributed by atoms with Crippen LogP contribution in [0, 0.1) is 0 Å². The van der Waals surface area contributed by atoms with Crippen LogP contribution in [0.15, 0.2) is 34.7 Å². The second-order valence-corrected chi connectivity index (χ2v) is 5.54. The first-order valence-corrected chi connectivity index (χ1v) is 6.97. The van der Waals surface area contributed by atoms with Crippen molar-refractivity contribution in [2.45, 2.75) is 0 Å². The highest BCUT2D eigenvalue weighted by Gasteiger charge is 2.23. The zero-order valence-corrected chi connectivity index (χ0v) is 10.5. The van der Waals surface area contributed by atoms with Gasteiger partial charge in [-0.3, -0.25) is 4.57 Å². The highest BCUT2D eigenvalue weighted by molar-refractivity contribution is 7.59. The first-order chi connectivity index (χ1) is 8.95. The van der Waals surface area contributed by atoms with E-state index in [-0.39, 0.29) is 5.76 Å². The molecule has 0 unspecified atom stereocenters. The first-order valence-electron chi connectivity index (χ1n) is 5.36. The molecule has 0 aliphatic rings. The van der Waals surface area contributed by atoms with Crippen molar-refractivity contribution >= 4 is 29.8 Å². The number of hydrogen-bond donors (Lipinski definition) is 4. The number of para-hydroxylation sites is 1. The molecule has 0 aliphatic heterocycles. The van der Waals surface area contributed by atoms with Crippen LogP contribution in [-0.2, 0) is 4.57 Å². The quantitative estimate of drug-likeness (QED) is 0.412. The van der Waals surface area contributed by atoms with E-state index in [1.807, 2.05) is 0 Å². The smallest absolute Gasteiger partial charge is 0.391 e. The van der Waals surface area contributed by atoms with Crippen LogP contribution < -0.4 is 11.2 Å². The summed E-state index contributed by atoms with van der Waals surface area (Å²) in [4.78, 5) is 25.2. The first kappa shape index (κ1) is 12.0. The molecule has 0 saturated carbocycles. The predicted molar refractivity (Wildman–Crippen MR) is 69.9 cm³/mol. The van der Waals surface area contributed by atoms with Gasteiger partial charge in [0.05, 0.1) is 11.2 Å². The van der Waals surface area contributed by atoms with Gasteiger partial charge in [0.25, 0.3) is 0 Å². The summed E-state index contributed by atoms with van der Waals surface area (Å²) >= 11 is 0.